The van der Waals surface area contributed by atoms with Gasteiger partial charge in [0.2, 0.25) is 29.5 Å². The van der Waals surface area contributed by atoms with Gasteiger partial charge in [0.25, 0.3) is 0 Å². The largest absolute Gasteiger partial charge is 0.507 e. The lowest BCUT2D eigenvalue weighted by atomic mass is 9.94. The Labute approximate surface area is 330 Å². The van der Waals surface area contributed by atoms with E-state index in [-0.39, 0.29) is 59.9 Å². The summed E-state index contributed by atoms with van der Waals surface area (Å²) in [5.41, 5.74) is 5.13. The van der Waals surface area contributed by atoms with Crippen LogP contribution in [0.3, 0.4) is 0 Å². The Morgan fingerprint density at radius 3 is 2.09 bits per heavy atom. The Morgan fingerprint density at radius 2 is 1.44 bits per heavy atom. The van der Waals surface area contributed by atoms with E-state index in [0.717, 1.165) is 40.9 Å². The summed E-state index contributed by atoms with van der Waals surface area (Å²) >= 11 is 0. The first-order valence-corrected chi connectivity index (χ1v) is 18.7. The molecule has 1 heterocycles. The van der Waals surface area contributed by atoms with Crippen molar-refractivity contribution in [3.05, 3.63) is 107 Å². The number of aliphatic carboxylic acids is 1. The van der Waals surface area contributed by atoms with Crippen molar-refractivity contribution in [2.75, 3.05) is 26.7 Å². The van der Waals surface area contributed by atoms with Crippen LogP contribution in [0.25, 0.3) is 22.3 Å². The SMILES string of the molecule is CCCCc1ccc(-c2ccc(CC(=O)NCCC(=O)NCC(=O)N(C)C3C(=O)NCC(=O)N[C@H](C(=O)O)Cc4ccc(O)c(c4)-c4cc3ccc4O)cc2)cc1. The van der Waals surface area contributed by atoms with Crippen molar-refractivity contribution >= 4 is 35.5 Å². The number of carbonyl (C=O) groups excluding carboxylic acids is 5. The molecule has 0 aromatic heterocycles. The Hall–Kier alpha value is -6.70. The molecule has 14 heteroatoms. The number of carboxylic acids is 1. The van der Waals surface area contributed by atoms with E-state index in [1.165, 1.54) is 49.0 Å². The van der Waals surface area contributed by atoms with Crippen LogP contribution in [0, 0.1) is 0 Å². The van der Waals surface area contributed by atoms with Crippen LogP contribution in [0.15, 0.2) is 84.9 Å². The molecule has 5 amide bonds. The van der Waals surface area contributed by atoms with Gasteiger partial charge in [-0.05, 0) is 70.5 Å². The van der Waals surface area contributed by atoms with Crippen molar-refractivity contribution in [2.24, 2.45) is 0 Å². The maximum atomic E-state index is 13.6. The molecule has 0 saturated carbocycles. The van der Waals surface area contributed by atoms with Crippen LogP contribution in [-0.4, -0.2) is 88.4 Å². The van der Waals surface area contributed by atoms with Crippen LogP contribution in [0.1, 0.15) is 54.5 Å². The lowest BCUT2D eigenvalue weighted by Gasteiger charge is -2.28. The smallest absolute Gasteiger partial charge is 0.326 e. The quantitative estimate of drug-likeness (QED) is 0.106. The molecule has 57 heavy (non-hydrogen) atoms. The summed E-state index contributed by atoms with van der Waals surface area (Å²) in [7, 11) is 1.32. The number of carbonyl (C=O) groups is 6. The van der Waals surface area contributed by atoms with Gasteiger partial charge in [-0.15, -0.1) is 0 Å². The van der Waals surface area contributed by atoms with E-state index >= 15 is 0 Å². The predicted octanol–water partition coefficient (Wildman–Crippen LogP) is 3.38. The van der Waals surface area contributed by atoms with Gasteiger partial charge in [-0.2, -0.15) is 0 Å². The number of carboxylic acid groups (broad SMARTS) is 1. The molecule has 0 aliphatic carbocycles. The molecule has 4 bridgehead atoms. The number of amides is 5. The molecule has 1 aliphatic rings. The second-order valence-corrected chi connectivity index (χ2v) is 14.0. The first-order chi connectivity index (χ1) is 27.3. The molecule has 1 aliphatic heterocycles. The maximum Gasteiger partial charge on any atom is 0.326 e. The predicted molar refractivity (Wildman–Crippen MR) is 212 cm³/mol. The topological polar surface area (TPSA) is 214 Å². The van der Waals surface area contributed by atoms with Crippen molar-refractivity contribution in [3.8, 4) is 33.8 Å². The third-order valence-corrected chi connectivity index (χ3v) is 9.75. The molecule has 0 fully saturated rings. The van der Waals surface area contributed by atoms with Gasteiger partial charge >= 0.3 is 5.97 Å². The number of phenolic OH excluding ortho intramolecular Hbond substituents is 2. The normalized spacial score (nSPS) is 15.3. The lowest BCUT2D eigenvalue weighted by molar-refractivity contribution is -0.142. The molecule has 298 valence electrons. The standard InChI is InChI=1S/C43H47N5O9/c1-3-4-5-26-6-11-29(12-7-26)30-13-8-27(9-14-30)22-38(52)44-19-18-37(51)45-25-40(54)48(2)41-31-15-17-36(50)33(23-31)32-20-28(10-16-35(32)49)21-34(43(56)57)47-39(53)24-46-42(41)55/h6-17,20,23,34,41,49-50H,3-5,18-19,21-22,24-25H2,1-2H3,(H,44,52)(H,45,51)(H,46,55)(H,47,53)(H,56,57)/t34-,41?/m0/s1. The van der Waals surface area contributed by atoms with Gasteiger partial charge in [0.1, 0.15) is 23.6 Å². The molecule has 14 nitrogen and oxygen atoms in total. The van der Waals surface area contributed by atoms with Crippen molar-refractivity contribution in [2.45, 2.75) is 57.5 Å². The van der Waals surface area contributed by atoms with Gasteiger partial charge in [-0.3, -0.25) is 24.0 Å². The zero-order valence-corrected chi connectivity index (χ0v) is 31.8. The summed E-state index contributed by atoms with van der Waals surface area (Å²) < 4.78 is 0. The minimum atomic E-state index is -1.38. The summed E-state index contributed by atoms with van der Waals surface area (Å²) in [4.78, 5) is 77.9. The van der Waals surface area contributed by atoms with Crippen LogP contribution in [-0.2, 0) is 48.0 Å². The Bertz CT molecular complexity index is 2120. The van der Waals surface area contributed by atoms with Crippen LogP contribution in [0.5, 0.6) is 11.5 Å². The Balaban J connectivity index is 1.17. The number of rotatable bonds is 13. The van der Waals surface area contributed by atoms with Gasteiger partial charge in [0.15, 0.2) is 0 Å². The fourth-order valence-electron chi connectivity index (χ4n) is 6.52. The van der Waals surface area contributed by atoms with Gasteiger partial charge in [-0.25, -0.2) is 4.79 Å². The number of nitrogens with one attached hydrogen (secondary N) is 4. The number of aromatic hydroxyl groups is 2. The number of hydrogen-bond donors (Lipinski definition) is 7. The molecule has 0 saturated heterocycles. The average molecular weight is 778 g/mol. The first-order valence-electron chi connectivity index (χ1n) is 18.7. The maximum absolute atomic E-state index is 13.6. The monoisotopic (exact) mass is 777 g/mol. The highest BCUT2D eigenvalue weighted by Gasteiger charge is 2.31. The number of nitrogens with zero attached hydrogens (tertiary/aromatic N) is 1. The summed E-state index contributed by atoms with van der Waals surface area (Å²) in [6, 6.07) is 21.8. The zero-order valence-electron chi connectivity index (χ0n) is 31.8. The van der Waals surface area contributed by atoms with E-state index in [4.69, 9.17) is 0 Å². The number of hydrogen-bond acceptors (Lipinski definition) is 8. The van der Waals surface area contributed by atoms with E-state index in [1.807, 2.05) is 24.3 Å². The zero-order chi connectivity index (χ0) is 41.1. The van der Waals surface area contributed by atoms with Gasteiger partial charge < -0.3 is 41.5 Å². The number of benzene rings is 4. The van der Waals surface area contributed by atoms with Gasteiger partial charge in [0, 0.05) is 37.6 Å². The second-order valence-electron chi connectivity index (χ2n) is 14.0. The molecule has 7 N–H and O–H groups in total. The summed E-state index contributed by atoms with van der Waals surface area (Å²) in [6.07, 6.45) is 3.21. The fraction of sp³-hybridized carbons (Fsp3) is 0.302. The molecule has 4 aromatic rings. The number of aryl methyl sites for hydroxylation is 1. The molecular formula is C43H47N5O9. The van der Waals surface area contributed by atoms with Crippen LogP contribution in [0.2, 0.25) is 0 Å². The third-order valence-electron chi connectivity index (χ3n) is 9.75. The molecule has 5 rings (SSSR count). The molecule has 2 atom stereocenters. The van der Waals surface area contributed by atoms with Crippen molar-refractivity contribution in [1.29, 1.82) is 0 Å². The summed E-state index contributed by atoms with van der Waals surface area (Å²) in [5.74, 6) is -4.90. The van der Waals surface area contributed by atoms with Crippen LogP contribution >= 0.6 is 0 Å². The first kappa shape index (κ1) is 41.5. The lowest BCUT2D eigenvalue weighted by Crippen LogP contribution is -2.49. The summed E-state index contributed by atoms with van der Waals surface area (Å²) in [6.45, 7) is 1.09. The third kappa shape index (κ3) is 11.2. The Morgan fingerprint density at radius 1 is 0.807 bits per heavy atom. The highest BCUT2D eigenvalue weighted by Crippen LogP contribution is 2.38. The second kappa shape index (κ2) is 19.2. The highest BCUT2D eigenvalue weighted by atomic mass is 16.4. The number of unbranched alkanes of at least 4 members (excludes halogenated alkanes) is 1. The average Bonchev–Trinajstić information content (AvgIpc) is 3.19. The molecular weight excluding hydrogens is 730 g/mol. The van der Waals surface area contributed by atoms with Gasteiger partial charge in [0.05, 0.1) is 19.5 Å². The van der Waals surface area contributed by atoms with E-state index in [2.05, 4.69) is 52.5 Å². The van der Waals surface area contributed by atoms with E-state index in [1.54, 1.807) is 0 Å². The number of likely N-dealkylation sites (N-methyl/N-ethyl adjacent to an activating group) is 1. The minimum absolute atomic E-state index is 0.0251. The van der Waals surface area contributed by atoms with Crippen LogP contribution < -0.4 is 21.3 Å². The van der Waals surface area contributed by atoms with E-state index < -0.39 is 54.8 Å². The van der Waals surface area contributed by atoms with E-state index in [9.17, 15) is 44.1 Å². The molecule has 1 unspecified atom stereocenters. The summed E-state index contributed by atoms with van der Waals surface area (Å²) in [5, 5.41) is 41.2. The van der Waals surface area contributed by atoms with Crippen LogP contribution in [0.4, 0.5) is 0 Å². The molecule has 0 spiro atoms. The van der Waals surface area contributed by atoms with Crippen molar-refractivity contribution in [3.63, 3.8) is 0 Å². The highest BCUT2D eigenvalue weighted by molar-refractivity contribution is 5.94. The van der Waals surface area contributed by atoms with E-state index in [0.29, 0.717) is 5.56 Å². The van der Waals surface area contributed by atoms with Gasteiger partial charge in [-0.1, -0.05) is 74.0 Å². The number of phenols is 2. The van der Waals surface area contributed by atoms with Crippen molar-refractivity contribution in [1.82, 2.24) is 26.2 Å². The molecule has 0 radical (unpaired) electrons. The Kier molecular flexibility index (Phi) is 14.0. The van der Waals surface area contributed by atoms with Crippen molar-refractivity contribution < 1.29 is 44.1 Å². The molecule has 4 aromatic carbocycles. The number of fused-ring (bicyclic) bond motifs is 5. The minimum Gasteiger partial charge on any atom is -0.507 e. The fourth-order valence-corrected chi connectivity index (χ4v) is 6.52.